The summed E-state index contributed by atoms with van der Waals surface area (Å²) in [6.45, 7) is 2.01. The third-order valence-electron chi connectivity index (χ3n) is 4.34. The summed E-state index contributed by atoms with van der Waals surface area (Å²) in [5.41, 5.74) is 1.24. The number of sulfonamides is 1. The van der Waals surface area contributed by atoms with E-state index in [1.807, 2.05) is 30.3 Å². The molecule has 1 aliphatic rings. The van der Waals surface area contributed by atoms with Crippen molar-refractivity contribution in [2.24, 2.45) is 5.92 Å². The van der Waals surface area contributed by atoms with Gasteiger partial charge >= 0.3 is 0 Å². The summed E-state index contributed by atoms with van der Waals surface area (Å²) in [5, 5.41) is 9.78. The Balaban J connectivity index is 1.62. The number of halogens is 1. The van der Waals surface area contributed by atoms with E-state index in [-0.39, 0.29) is 16.4 Å². The Hall–Kier alpha value is -2.07. The van der Waals surface area contributed by atoms with Crippen molar-refractivity contribution in [1.82, 2.24) is 4.72 Å². The molecule has 1 fully saturated rings. The van der Waals surface area contributed by atoms with Crippen molar-refractivity contribution < 1.29 is 8.42 Å². The van der Waals surface area contributed by atoms with Gasteiger partial charge in [0.25, 0.3) is 0 Å². The van der Waals surface area contributed by atoms with Gasteiger partial charge in [-0.05, 0) is 48.7 Å². The van der Waals surface area contributed by atoms with E-state index in [2.05, 4.69) is 9.62 Å². The lowest BCUT2D eigenvalue weighted by Gasteiger charge is -2.19. The number of rotatable bonds is 5. The van der Waals surface area contributed by atoms with Gasteiger partial charge in [0.2, 0.25) is 10.0 Å². The first-order chi connectivity index (χ1) is 12.0. The first-order valence-electron chi connectivity index (χ1n) is 7.99. The third-order valence-corrected chi connectivity index (χ3v) is 6.07. The number of nitrogens with zero attached hydrogens (tertiary/aromatic N) is 2. The first kappa shape index (κ1) is 17.7. The number of hydrogen-bond acceptors (Lipinski definition) is 4. The third kappa shape index (κ3) is 4.13. The van der Waals surface area contributed by atoms with Gasteiger partial charge in [-0.25, -0.2) is 13.1 Å². The summed E-state index contributed by atoms with van der Waals surface area (Å²) in [5.74, 6) is 0.222. The highest BCUT2D eigenvalue weighted by molar-refractivity contribution is 7.89. The van der Waals surface area contributed by atoms with Crippen LogP contribution in [0.5, 0.6) is 0 Å². The average Bonchev–Trinajstić information content (AvgIpc) is 3.10. The van der Waals surface area contributed by atoms with Crippen LogP contribution >= 0.6 is 11.6 Å². The van der Waals surface area contributed by atoms with E-state index in [9.17, 15) is 8.42 Å². The van der Waals surface area contributed by atoms with Crippen LogP contribution in [-0.2, 0) is 10.0 Å². The summed E-state index contributed by atoms with van der Waals surface area (Å²) in [6, 6.07) is 15.8. The molecule has 0 saturated carbocycles. The second kappa shape index (κ2) is 7.44. The van der Waals surface area contributed by atoms with Crippen LogP contribution in [0.3, 0.4) is 0 Å². The lowest BCUT2D eigenvalue weighted by Crippen LogP contribution is -2.31. The molecule has 3 rings (SSSR count). The van der Waals surface area contributed by atoms with Gasteiger partial charge in [-0.3, -0.25) is 0 Å². The standard InChI is InChI=1S/C18H18ClN3O2S/c19-16-5-7-17(8-6-16)22-10-9-14(13-22)12-21-25(23,24)18-4-2-1-3-15(18)11-20/h1-8,14,21H,9-10,12-13H2. The van der Waals surface area contributed by atoms with E-state index in [4.69, 9.17) is 16.9 Å². The van der Waals surface area contributed by atoms with Crippen molar-refractivity contribution in [2.75, 3.05) is 24.5 Å². The quantitative estimate of drug-likeness (QED) is 0.871. The van der Waals surface area contributed by atoms with E-state index in [1.165, 1.54) is 12.1 Å². The van der Waals surface area contributed by atoms with Crippen LogP contribution in [-0.4, -0.2) is 28.1 Å². The predicted octanol–water partition coefficient (Wildman–Crippen LogP) is 3.02. The van der Waals surface area contributed by atoms with Crippen molar-refractivity contribution in [3.8, 4) is 6.07 Å². The highest BCUT2D eigenvalue weighted by Gasteiger charge is 2.25. The van der Waals surface area contributed by atoms with Gasteiger partial charge < -0.3 is 4.90 Å². The maximum atomic E-state index is 12.5. The topological polar surface area (TPSA) is 73.2 Å². The number of benzene rings is 2. The maximum Gasteiger partial charge on any atom is 0.241 e. The van der Waals surface area contributed by atoms with Gasteiger partial charge in [-0.15, -0.1) is 0 Å². The largest absolute Gasteiger partial charge is 0.371 e. The van der Waals surface area contributed by atoms with Crippen molar-refractivity contribution in [3.05, 3.63) is 59.1 Å². The molecule has 2 aromatic rings. The van der Waals surface area contributed by atoms with Crippen molar-refractivity contribution in [3.63, 3.8) is 0 Å². The molecule has 1 aliphatic heterocycles. The minimum atomic E-state index is -3.69. The summed E-state index contributed by atoms with van der Waals surface area (Å²) in [7, 11) is -3.69. The van der Waals surface area contributed by atoms with E-state index < -0.39 is 10.0 Å². The molecule has 1 atom stereocenters. The van der Waals surface area contributed by atoms with Crippen LogP contribution in [0.25, 0.3) is 0 Å². The van der Waals surface area contributed by atoms with Crippen LogP contribution in [0.2, 0.25) is 5.02 Å². The van der Waals surface area contributed by atoms with E-state index >= 15 is 0 Å². The van der Waals surface area contributed by atoms with Gasteiger partial charge in [0.05, 0.1) is 10.5 Å². The second-order valence-corrected chi connectivity index (χ2v) is 8.21. The monoisotopic (exact) mass is 375 g/mol. The molecule has 0 bridgehead atoms. The molecular weight excluding hydrogens is 358 g/mol. The lowest BCUT2D eigenvalue weighted by molar-refractivity contribution is 0.541. The Morgan fingerprint density at radius 1 is 1.20 bits per heavy atom. The van der Waals surface area contributed by atoms with Crippen molar-refractivity contribution >= 4 is 27.3 Å². The molecule has 1 unspecified atom stereocenters. The Labute approximate surface area is 152 Å². The first-order valence-corrected chi connectivity index (χ1v) is 9.85. The molecular formula is C18H18ClN3O2S. The fraction of sp³-hybridized carbons (Fsp3) is 0.278. The molecule has 1 N–H and O–H groups in total. The molecule has 25 heavy (non-hydrogen) atoms. The fourth-order valence-corrected chi connectivity index (χ4v) is 4.38. The molecule has 0 amide bonds. The highest BCUT2D eigenvalue weighted by atomic mass is 35.5. The summed E-state index contributed by atoms with van der Waals surface area (Å²) >= 11 is 5.91. The second-order valence-electron chi connectivity index (χ2n) is 6.04. The lowest BCUT2D eigenvalue weighted by atomic mass is 10.1. The smallest absolute Gasteiger partial charge is 0.241 e. The van der Waals surface area contributed by atoms with Crippen LogP contribution in [0.1, 0.15) is 12.0 Å². The summed E-state index contributed by atoms with van der Waals surface area (Å²) in [4.78, 5) is 2.25. The minimum Gasteiger partial charge on any atom is -0.371 e. The van der Waals surface area contributed by atoms with Crippen molar-refractivity contribution in [2.45, 2.75) is 11.3 Å². The molecule has 0 spiro atoms. The zero-order valence-corrected chi connectivity index (χ0v) is 15.1. The molecule has 5 nitrogen and oxygen atoms in total. The highest BCUT2D eigenvalue weighted by Crippen LogP contribution is 2.25. The van der Waals surface area contributed by atoms with Gasteiger partial charge in [0.15, 0.2) is 0 Å². The number of anilines is 1. The van der Waals surface area contributed by atoms with Crippen LogP contribution in [0.15, 0.2) is 53.4 Å². The van der Waals surface area contributed by atoms with Crippen LogP contribution in [0, 0.1) is 17.2 Å². The molecule has 0 aliphatic carbocycles. The number of hydrogen-bond donors (Lipinski definition) is 1. The Morgan fingerprint density at radius 2 is 1.92 bits per heavy atom. The fourth-order valence-electron chi connectivity index (χ4n) is 2.98. The van der Waals surface area contributed by atoms with E-state index in [0.717, 1.165) is 25.2 Å². The molecule has 1 heterocycles. The average molecular weight is 376 g/mol. The van der Waals surface area contributed by atoms with Crippen LogP contribution < -0.4 is 9.62 Å². The SMILES string of the molecule is N#Cc1ccccc1S(=O)(=O)NCC1CCN(c2ccc(Cl)cc2)C1. The Morgan fingerprint density at radius 3 is 2.64 bits per heavy atom. The molecule has 2 aromatic carbocycles. The molecule has 0 radical (unpaired) electrons. The number of nitrogens with one attached hydrogen (secondary N) is 1. The minimum absolute atomic E-state index is 0.0325. The van der Waals surface area contributed by atoms with Gasteiger partial charge in [0, 0.05) is 30.3 Å². The Bertz CT molecular complexity index is 891. The summed E-state index contributed by atoms with van der Waals surface area (Å²) < 4.78 is 27.6. The summed E-state index contributed by atoms with van der Waals surface area (Å²) in [6.07, 6.45) is 0.908. The van der Waals surface area contributed by atoms with Gasteiger partial charge in [0.1, 0.15) is 6.07 Å². The van der Waals surface area contributed by atoms with E-state index in [0.29, 0.717) is 11.6 Å². The molecule has 130 valence electrons. The molecule has 1 saturated heterocycles. The van der Waals surface area contributed by atoms with Gasteiger partial charge in [-0.1, -0.05) is 23.7 Å². The van der Waals surface area contributed by atoms with Crippen LogP contribution in [0.4, 0.5) is 5.69 Å². The number of nitriles is 1. The predicted molar refractivity (Wildman–Crippen MR) is 98.1 cm³/mol. The Kier molecular flexibility index (Phi) is 5.28. The van der Waals surface area contributed by atoms with Gasteiger partial charge in [-0.2, -0.15) is 5.26 Å². The zero-order valence-electron chi connectivity index (χ0n) is 13.5. The zero-order chi connectivity index (χ0) is 17.9. The molecule has 0 aromatic heterocycles. The normalized spacial score (nSPS) is 17.4. The molecule has 7 heteroatoms. The van der Waals surface area contributed by atoms with Crippen molar-refractivity contribution in [1.29, 1.82) is 5.26 Å². The van der Waals surface area contributed by atoms with E-state index in [1.54, 1.807) is 12.1 Å². The maximum absolute atomic E-state index is 12.5.